The van der Waals surface area contributed by atoms with E-state index in [0.29, 0.717) is 25.0 Å². The Bertz CT molecular complexity index is 264. The van der Waals surface area contributed by atoms with Crippen LogP contribution in [-0.2, 0) is 9.53 Å². The van der Waals surface area contributed by atoms with Crippen LogP contribution in [0.1, 0.15) is 33.1 Å². The average Bonchev–Trinajstić information content (AvgIpc) is 2.34. The molecule has 1 N–H and O–H groups in total. The molecule has 2 saturated heterocycles. The fourth-order valence-electron chi connectivity index (χ4n) is 2.77. The van der Waals surface area contributed by atoms with E-state index in [1.807, 2.05) is 0 Å². The lowest BCUT2D eigenvalue weighted by atomic mass is 9.91. The van der Waals surface area contributed by atoms with E-state index in [2.05, 4.69) is 24.1 Å². The molecule has 2 aliphatic heterocycles. The van der Waals surface area contributed by atoms with E-state index in [4.69, 9.17) is 4.74 Å². The number of carbonyl (C=O) groups excluding carboxylic acids is 1. The van der Waals surface area contributed by atoms with E-state index in [9.17, 15) is 4.79 Å². The Hall–Kier alpha value is -0.610. The minimum atomic E-state index is 0.209. The van der Waals surface area contributed by atoms with E-state index in [1.165, 1.54) is 6.42 Å². The SMILES string of the molecule is CC1CCCN(C(=O)CC2COCCN2)C1C. The fraction of sp³-hybridized carbons (Fsp3) is 0.923. The minimum absolute atomic E-state index is 0.209. The molecule has 0 aromatic carbocycles. The van der Waals surface area contributed by atoms with Crippen LogP contribution < -0.4 is 5.32 Å². The Balaban J connectivity index is 1.85. The summed E-state index contributed by atoms with van der Waals surface area (Å²) in [6.45, 7) is 7.64. The van der Waals surface area contributed by atoms with E-state index in [-0.39, 0.29) is 11.9 Å². The zero-order valence-corrected chi connectivity index (χ0v) is 10.9. The van der Waals surface area contributed by atoms with Gasteiger partial charge in [0.1, 0.15) is 0 Å². The molecule has 4 nitrogen and oxygen atoms in total. The molecule has 0 bridgehead atoms. The highest BCUT2D eigenvalue weighted by Crippen LogP contribution is 2.23. The highest BCUT2D eigenvalue weighted by atomic mass is 16.5. The van der Waals surface area contributed by atoms with Gasteiger partial charge in [-0.15, -0.1) is 0 Å². The van der Waals surface area contributed by atoms with E-state index >= 15 is 0 Å². The van der Waals surface area contributed by atoms with Crippen LogP contribution in [0.2, 0.25) is 0 Å². The number of nitrogens with one attached hydrogen (secondary N) is 1. The molecule has 3 atom stereocenters. The van der Waals surface area contributed by atoms with Crippen LogP contribution in [-0.4, -0.2) is 49.2 Å². The molecule has 0 aromatic heterocycles. The molecule has 0 aliphatic carbocycles. The second kappa shape index (κ2) is 5.83. The lowest BCUT2D eigenvalue weighted by Crippen LogP contribution is -2.50. The van der Waals surface area contributed by atoms with Crippen molar-refractivity contribution in [3.63, 3.8) is 0 Å². The maximum atomic E-state index is 12.3. The summed E-state index contributed by atoms with van der Waals surface area (Å²) < 4.78 is 5.39. The van der Waals surface area contributed by atoms with Crippen LogP contribution in [0.25, 0.3) is 0 Å². The average molecular weight is 240 g/mol. The van der Waals surface area contributed by atoms with Gasteiger partial charge in [-0.3, -0.25) is 4.79 Å². The molecule has 98 valence electrons. The Morgan fingerprint density at radius 1 is 1.47 bits per heavy atom. The number of ether oxygens (including phenoxy) is 1. The molecule has 0 spiro atoms. The van der Waals surface area contributed by atoms with Crippen molar-refractivity contribution in [3.8, 4) is 0 Å². The van der Waals surface area contributed by atoms with Gasteiger partial charge in [0.05, 0.1) is 13.2 Å². The fourth-order valence-corrected chi connectivity index (χ4v) is 2.77. The highest BCUT2D eigenvalue weighted by molar-refractivity contribution is 5.77. The first-order valence-corrected chi connectivity index (χ1v) is 6.79. The third-order valence-corrected chi connectivity index (χ3v) is 4.11. The number of hydrogen-bond donors (Lipinski definition) is 1. The molecular weight excluding hydrogens is 216 g/mol. The second-order valence-electron chi connectivity index (χ2n) is 5.38. The van der Waals surface area contributed by atoms with Crippen molar-refractivity contribution in [2.45, 2.75) is 45.2 Å². The lowest BCUT2D eigenvalue weighted by Gasteiger charge is -2.39. The molecule has 1 amide bonds. The highest BCUT2D eigenvalue weighted by Gasteiger charge is 2.29. The molecular formula is C13H24N2O2. The van der Waals surface area contributed by atoms with Crippen LogP contribution in [0.4, 0.5) is 0 Å². The zero-order chi connectivity index (χ0) is 12.3. The quantitative estimate of drug-likeness (QED) is 0.783. The van der Waals surface area contributed by atoms with Gasteiger partial charge >= 0.3 is 0 Å². The standard InChI is InChI=1S/C13H24N2O2/c1-10-4-3-6-15(11(10)2)13(16)8-12-9-17-7-5-14-12/h10-12,14H,3-9H2,1-2H3. The van der Waals surface area contributed by atoms with Crippen LogP contribution in [0.15, 0.2) is 0 Å². The smallest absolute Gasteiger partial charge is 0.224 e. The van der Waals surface area contributed by atoms with E-state index in [1.54, 1.807) is 0 Å². The summed E-state index contributed by atoms with van der Waals surface area (Å²) in [6, 6.07) is 0.599. The number of nitrogens with zero attached hydrogens (tertiary/aromatic N) is 1. The largest absolute Gasteiger partial charge is 0.378 e. The number of piperidine rings is 1. The molecule has 3 unspecified atom stereocenters. The zero-order valence-electron chi connectivity index (χ0n) is 10.9. The first kappa shape index (κ1) is 12.8. The van der Waals surface area contributed by atoms with E-state index in [0.717, 1.165) is 26.1 Å². The summed E-state index contributed by atoms with van der Waals surface area (Å²) in [7, 11) is 0. The van der Waals surface area contributed by atoms with Crippen LogP contribution in [0, 0.1) is 5.92 Å². The van der Waals surface area contributed by atoms with Gasteiger partial charge in [-0.2, -0.15) is 0 Å². The van der Waals surface area contributed by atoms with Gasteiger partial charge in [0.25, 0.3) is 0 Å². The van der Waals surface area contributed by atoms with E-state index < -0.39 is 0 Å². The Labute approximate surface area is 104 Å². The molecule has 2 fully saturated rings. The van der Waals surface area contributed by atoms with Crippen LogP contribution in [0.5, 0.6) is 0 Å². The number of carbonyl (C=O) groups is 1. The predicted molar refractivity (Wildman–Crippen MR) is 66.8 cm³/mol. The van der Waals surface area contributed by atoms with Crippen molar-refractivity contribution >= 4 is 5.91 Å². The number of likely N-dealkylation sites (tertiary alicyclic amines) is 1. The third kappa shape index (κ3) is 3.19. The molecule has 2 rings (SSSR count). The minimum Gasteiger partial charge on any atom is -0.378 e. The maximum absolute atomic E-state index is 12.3. The monoisotopic (exact) mass is 240 g/mol. The van der Waals surface area contributed by atoms with Gasteiger partial charge in [-0.05, 0) is 25.7 Å². The van der Waals surface area contributed by atoms with Gasteiger partial charge < -0.3 is 15.0 Å². The summed E-state index contributed by atoms with van der Waals surface area (Å²) in [5.41, 5.74) is 0. The first-order chi connectivity index (χ1) is 8.18. The summed E-state index contributed by atoms with van der Waals surface area (Å²) >= 11 is 0. The number of hydrogen-bond acceptors (Lipinski definition) is 3. The molecule has 4 heteroatoms. The predicted octanol–water partition coefficient (Wildman–Crippen LogP) is 1.01. The van der Waals surface area contributed by atoms with Gasteiger partial charge in [-0.1, -0.05) is 6.92 Å². The summed E-state index contributed by atoms with van der Waals surface area (Å²) in [6.07, 6.45) is 2.97. The van der Waals surface area contributed by atoms with Gasteiger partial charge in [0.2, 0.25) is 5.91 Å². The molecule has 2 aliphatic rings. The lowest BCUT2D eigenvalue weighted by molar-refractivity contribution is -0.137. The summed E-state index contributed by atoms with van der Waals surface area (Å²) in [5, 5.41) is 3.34. The number of amides is 1. The van der Waals surface area contributed by atoms with Crippen molar-refractivity contribution in [1.82, 2.24) is 10.2 Å². The van der Waals surface area contributed by atoms with Gasteiger partial charge in [-0.25, -0.2) is 0 Å². The van der Waals surface area contributed by atoms with Crippen molar-refractivity contribution in [3.05, 3.63) is 0 Å². The maximum Gasteiger partial charge on any atom is 0.224 e. The Morgan fingerprint density at radius 2 is 2.29 bits per heavy atom. The summed E-state index contributed by atoms with van der Waals surface area (Å²) in [4.78, 5) is 14.3. The Kier molecular flexibility index (Phi) is 4.40. The molecule has 2 heterocycles. The molecule has 0 radical (unpaired) electrons. The second-order valence-corrected chi connectivity index (χ2v) is 5.38. The van der Waals surface area contributed by atoms with Gasteiger partial charge in [0, 0.05) is 31.6 Å². The first-order valence-electron chi connectivity index (χ1n) is 6.79. The van der Waals surface area contributed by atoms with Crippen molar-refractivity contribution in [2.75, 3.05) is 26.3 Å². The third-order valence-electron chi connectivity index (χ3n) is 4.11. The van der Waals surface area contributed by atoms with Crippen molar-refractivity contribution in [1.29, 1.82) is 0 Å². The van der Waals surface area contributed by atoms with Crippen molar-refractivity contribution < 1.29 is 9.53 Å². The number of morpholine rings is 1. The Morgan fingerprint density at radius 3 is 3.00 bits per heavy atom. The van der Waals surface area contributed by atoms with Crippen LogP contribution >= 0.6 is 0 Å². The van der Waals surface area contributed by atoms with Crippen LogP contribution in [0.3, 0.4) is 0 Å². The number of rotatable bonds is 2. The van der Waals surface area contributed by atoms with Crippen molar-refractivity contribution in [2.24, 2.45) is 5.92 Å². The summed E-state index contributed by atoms with van der Waals surface area (Å²) in [5.74, 6) is 0.912. The normalized spacial score (nSPS) is 34.7. The molecule has 0 aromatic rings. The topological polar surface area (TPSA) is 41.6 Å². The van der Waals surface area contributed by atoms with Gasteiger partial charge in [0.15, 0.2) is 0 Å². The molecule has 0 saturated carbocycles. The molecule has 17 heavy (non-hydrogen) atoms.